The van der Waals surface area contributed by atoms with Crippen LogP contribution in [0.2, 0.25) is 0 Å². The number of fused-ring (bicyclic) bond motifs is 6. The lowest BCUT2D eigenvalue weighted by Gasteiger charge is -2.17. The molecule has 0 aliphatic rings. The van der Waals surface area contributed by atoms with Gasteiger partial charge < -0.3 is 4.42 Å². The number of nitrogens with zero attached hydrogens (tertiary/aromatic N) is 2. The topological polar surface area (TPSA) is 38.9 Å². The van der Waals surface area contributed by atoms with Gasteiger partial charge in [0, 0.05) is 44.8 Å². The minimum atomic E-state index is -0.469. The molecule has 13 rings (SSSR count). The second kappa shape index (κ2) is 16.0. The van der Waals surface area contributed by atoms with E-state index in [4.69, 9.17) is 17.6 Å². The molecule has 10 aromatic carbocycles. The van der Waals surface area contributed by atoms with Gasteiger partial charge in [0.05, 0.1) is 26.3 Å². The van der Waals surface area contributed by atoms with Gasteiger partial charge in [-0.15, -0.1) is 0 Å². The van der Waals surface area contributed by atoms with E-state index in [1.807, 2.05) is 48.5 Å². The molecule has 3 heterocycles. The molecule has 0 saturated heterocycles. The van der Waals surface area contributed by atoms with Crippen molar-refractivity contribution in [1.29, 1.82) is 0 Å². The monoisotopic (exact) mass is 859 g/mol. The summed E-state index contributed by atoms with van der Waals surface area (Å²) in [5, 5.41) is 5.95. The van der Waals surface area contributed by atoms with Gasteiger partial charge in [-0.05, 0) is 77.8 Å². The van der Waals surface area contributed by atoms with E-state index in [-0.39, 0.29) is 45.6 Å². The second-order valence-electron chi connectivity index (χ2n) is 16.6. The summed E-state index contributed by atoms with van der Waals surface area (Å²) in [6.45, 7) is 0. The van der Waals surface area contributed by atoms with E-state index in [2.05, 4.69) is 157 Å². The Morgan fingerprint density at radius 1 is 0.328 bits per heavy atom. The SMILES string of the molecule is [2H]c1nc2c(c([2H])c1[2H])c([2H])c([2H])c1c([2H])c([2H])c(-c3ccc(-c4ccc(-c5oc(-c6c7ccccc7c(-c7ccccc7)c7ccccc67)c(-c6ccccc6)c5-c5ccccc5)cc4)c4ccccc34)nc12. The smallest absolute Gasteiger partial charge is 0.144 e. The lowest BCUT2D eigenvalue weighted by atomic mass is 9.85. The van der Waals surface area contributed by atoms with Crippen molar-refractivity contribution in [2.24, 2.45) is 0 Å². The van der Waals surface area contributed by atoms with E-state index in [9.17, 15) is 1.37 Å². The van der Waals surface area contributed by atoms with Crippen molar-refractivity contribution in [1.82, 2.24) is 9.97 Å². The Morgan fingerprint density at radius 2 is 0.776 bits per heavy atom. The van der Waals surface area contributed by atoms with Crippen LogP contribution >= 0.6 is 0 Å². The van der Waals surface area contributed by atoms with Crippen LogP contribution in [-0.4, -0.2) is 9.97 Å². The molecule has 0 saturated carbocycles. The summed E-state index contributed by atoms with van der Waals surface area (Å²) in [7, 11) is 0. The first kappa shape index (κ1) is 31.9. The van der Waals surface area contributed by atoms with Crippen LogP contribution < -0.4 is 0 Å². The Kier molecular flexibility index (Phi) is 7.58. The lowest BCUT2D eigenvalue weighted by molar-refractivity contribution is 0.600. The van der Waals surface area contributed by atoms with Crippen LogP contribution in [0.3, 0.4) is 0 Å². The van der Waals surface area contributed by atoms with Crippen LogP contribution in [0.1, 0.15) is 9.60 Å². The Labute approximate surface area is 397 Å². The number of rotatable bonds is 7. The molecule has 0 radical (unpaired) electrons. The fourth-order valence-corrected chi connectivity index (χ4v) is 9.86. The third-order valence-corrected chi connectivity index (χ3v) is 12.8. The van der Waals surface area contributed by atoms with Crippen LogP contribution in [0.5, 0.6) is 0 Å². The number of hydrogen-bond donors (Lipinski definition) is 0. The summed E-state index contributed by atoms with van der Waals surface area (Å²) in [6, 6.07) is 66.7. The maximum absolute atomic E-state index is 9.21. The van der Waals surface area contributed by atoms with Crippen LogP contribution in [0, 0.1) is 0 Å². The van der Waals surface area contributed by atoms with E-state index >= 15 is 0 Å². The Morgan fingerprint density at radius 3 is 1.37 bits per heavy atom. The highest BCUT2D eigenvalue weighted by Crippen LogP contribution is 2.53. The highest BCUT2D eigenvalue weighted by molar-refractivity contribution is 6.23. The van der Waals surface area contributed by atoms with Gasteiger partial charge in [-0.3, -0.25) is 4.98 Å². The van der Waals surface area contributed by atoms with E-state index in [0.29, 0.717) is 5.56 Å². The quantitative estimate of drug-likeness (QED) is 0.118. The van der Waals surface area contributed by atoms with E-state index in [1.165, 1.54) is 5.56 Å². The number of aromatic nitrogens is 2. The van der Waals surface area contributed by atoms with Gasteiger partial charge in [0.15, 0.2) is 0 Å². The Balaban J connectivity index is 1.00. The molecule has 0 bridgehead atoms. The van der Waals surface area contributed by atoms with Crippen LogP contribution in [-0.2, 0) is 0 Å². The standard InChI is InChI=1S/C64H40N2O/c1-4-17-42(18-5-1)57-52-26-12-14-28-54(52)60(55-29-15-13-27-53(55)57)64-59(44-21-8-3-9-22-44)58(43-19-6-2-7-20-43)63(67-64)47-34-30-41(31-35-47)48-37-38-51(50-25-11-10-24-49(48)50)56-39-36-46-33-32-45-23-16-40-65-61(45)62(46)66-56/h1-40H/i16D,23D,32D,33D,36D,39D,40D. The maximum Gasteiger partial charge on any atom is 0.144 e. The van der Waals surface area contributed by atoms with Crippen molar-refractivity contribution >= 4 is 54.1 Å². The van der Waals surface area contributed by atoms with E-state index in [0.717, 1.165) is 93.9 Å². The average Bonchev–Trinajstić information content (AvgIpc) is 3.87. The fourth-order valence-electron chi connectivity index (χ4n) is 9.86. The summed E-state index contributed by atoms with van der Waals surface area (Å²) >= 11 is 0. The predicted molar refractivity (Wildman–Crippen MR) is 280 cm³/mol. The first-order chi connectivity index (χ1) is 36.2. The summed E-state index contributed by atoms with van der Waals surface area (Å²) in [6.07, 6.45) is -0.469. The number of pyridine rings is 2. The average molecular weight is 860 g/mol. The van der Waals surface area contributed by atoms with Crippen LogP contribution in [0.25, 0.3) is 133 Å². The van der Waals surface area contributed by atoms with Crippen LogP contribution in [0.15, 0.2) is 247 Å². The molecular formula is C64H40N2O. The zero-order chi connectivity index (χ0) is 50.4. The van der Waals surface area contributed by atoms with Crippen molar-refractivity contribution in [2.75, 3.05) is 0 Å². The molecule has 0 aliphatic carbocycles. The van der Waals surface area contributed by atoms with Crippen molar-refractivity contribution in [3.05, 3.63) is 243 Å². The maximum atomic E-state index is 9.21. The number of furan rings is 1. The molecule has 13 aromatic rings. The van der Waals surface area contributed by atoms with Gasteiger partial charge in [0.25, 0.3) is 0 Å². The molecule has 0 amide bonds. The highest BCUT2D eigenvalue weighted by atomic mass is 16.3. The largest absolute Gasteiger partial charge is 0.455 e. The van der Waals surface area contributed by atoms with E-state index < -0.39 is 24.3 Å². The summed E-state index contributed by atoms with van der Waals surface area (Å²) in [5.41, 5.74) is 10.9. The molecule has 3 heteroatoms. The highest BCUT2D eigenvalue weighted by Gasteiger charge is 2.28. The molecule has 0 N–H and O–H groups in total. The predicted octanol–water partition coefficient (Wildman–Crippen LogP) is 17.5. The number of benzene rings is 10. The summed E-state index contributed by atoms with van der Waals surface area (Å²) in [5.74, 6) is 1.51. The third kappa shape index (κ3) is 6.43. The second-order valence-corrected chi connectivity index (χ2v) is 16.6. The van der Waals surface area contributed by atoms with Crippen molar-refractivity contribution < 1.29 is 14.0 Å². The summed E-state index contributed by atoms with van der Waals surface area (Å²) in [4.78, 5) is 9.13. The Bertz CT molecular complexity index is 4370. The Hall–Kier alpha value is -8.92. The molecule has 0 unspecified atom stereocenters. The van der Waals surface area contributed by atoms with Gasteiger partial charge in [-0.25, -0.2) is 4.98 Å². The first-order valence-electron chi connectivity index (χ1n) is 25.7. The molecule has 312 valence electrons. The molecular weight excluding hydrogens is 813 g/mol. The van der Waals surface area contributed by atoms with Crippen molar-refractivity contribution in [2.45, 2.75) is 0 Å². The zero-order valence-electron chi connectivity index (χ0n) is 42.9. The number of hydrogen-bond acceptors (Lipinski definition) is 3. The first-order valence-corrected chi connectivity index (χ1v) is 22.2. The fraction of sp³-hybridized carbons (Fsp3) is 0. The molecule has 0 fully saturated rings. The molecule has 0 atom stereocenters. The van der Waals surface area contributed by atoms with Gasteiger partial charge in [0.1, 0.15) is 11.5 Å². The van der Waals surface area contributed by atoms with E-state index in [1.54, 1.807) is 0 Å². The van der Waals surface area contributed by atoms with Gasteiger partial charge >= 0.3 is 0 Å². The third-order valence-electron chi connectivity index (χ3n) is 12.8. The van der Waals surface area contributed by atoms with Gasteiger partial charge in [-0.2, -0.15) is 0 Å². The molecule has 3 nitrogen and oxygen atoms in total. The minimum absolute atomic E-state index is 0.0135. The van der Waals surface area contributed by atoms with Crippen molar-refractivity contribution in [3.8, 4) is 78.4 Å². The van der Waals surface area contributed by atoms with Crippen LogP contribution in [0.4, 0.5) is 0 Å². The van der Waals surface area contributed by atoms with Gasteiger partial charge in [0.2, 0.25) is 0 Å². The van der Waals surface area contributed by atoms with Crippen molar-refractivity contribution in [3.63, 3.8) is 0 Å². The molecule has 3 aromatic heterocycles. The zero-order valence-corrected chi connectivity index (χ0v) is 35.9. The normalized spacial score (nSPS) is 13.0. The molecule has 67 heavy (non-hydrogen) atoms. The van der Waals surface area contributed by atoms with Gasteiger partial charge in [-0.1, -0.05) is 224 Å². The minimum Gasteiger partial charge on any atom is -0.455 e. The summed E-state index contributed by atoms with van der Waals surface area (Å²) < 4.78 is 68.4. The molecule has 0 aliphatic heterocycles. The molecule has 0 spiro atoms. The lowest BCUT2D eigenvalue weighted by Crippen LogP contribution is -1.91.